The van der Waals surface area contributed by atoms with Gasteiger partial charge in [0, 0.05) is 17.7 Å². The van der Waals surface area contributed by atoms with Crippen molar-refractivity contribution in [3.8, 4) is 11.5 Å². The number of carbonyl (C=O) groups excluding carboxylic acids is 1. The van der Waals surface area contributed by atoms with E-state index in [0.717, 1.165) is 17.8 Å². The number of pyridine rings is 1. The summed E-state index contributed by atoms with van der Waals surface area (Å²) >= 11 is 6.16. The van der Waals surface area contributed by atoms with Crippen LogP contribution in [0.15, 0.2) is 60.8 Å². The van der Waals surface area contributed by atoms with Crippen molar-refractivity contribution in [3.63, 3.8) is 0 Å². The highest BCUT2D eigenvalue weighted by atomic mass is 35.5. The van der Waals surface area contributed by atoms with Gasteiger partial charge in [-0.2, -0.15) is 0 Å². The van der Waals surface area contributed by atoms with Crippen LogP contribution in [0, 0.1) is 10.1 Å². The maximum atomic E-state index is 13.6. The smallest absolute Gasteiger partial charge is 0.288 e. The molecule has 1 amide bonds. The molecule has 0 unspecified atom stereocenters. The fourth-order valence-electron chi connectivity index (χ4n) is 3.50. The molecule has 3 rings (SSSR count). The Bertz CT molecular complexity index is 1190. The summed E-state index contributed by atoms with van der Waals surface area (Å²) in [6, 6.07) is 14.8. The minimum atomic E-state index is -0.802. The molecule has 0 fully saturated rings. The first-order valence-electron chi connectivity index (χ1n) is 10.9. The summed E-state index contributed by atoms with van der Waals surface area (Å²) in [6.07, 6.45) is 0.975. The minimum absolute atomic E-state index is 0.00439. The molecule has 2 aromatic carbocycles. The van der Waals surface area contributed by atoms with Gasteiger partial charge in [-0.15, -0.1) is 0 Å². The fourth-order valence-corrected chi connectivity index (χ4v) is 3.69. The van der Waals surface area contributed by atoms with Crippen LogP contribution in [0.4, 0.5) is 5.69 Å². The standard InChI is InChI=1S/C25H26ClN3O7/c1-34-21-9-8-18(23(11-21)35-2)13-28(20(14-30)16-36-15-17-6-4-3-5-7-17)25(31)22-10-19(29(32)33)12-27-24(22)26/h3-12,20,30H,13-16H2,1-2H3/t20-/m1/s1. The molecule has 0 aliphatic carbocycles. The number of carbonyl (C=O) groups is 1. The number of amides is 1. The van der Waals surface area contributed by atoms with Crippen molar-refractivity contribution < 1.29 is 29.0 Å². The molecule has 11 heteroatoms. The molecule has 0 aliphatic heterocycles. The molecule has 1 heterocycles. The Balaban J connectivity index is 1.94. The summed E-state index contributed by atoms with van der Waals surface area (Å²) in [5, 5.41) is 21.3. The predicted octanol–water partition coefficient (Wildman–Crippen LogP) is 3.88. The zero-order valence-electron chi connectivity index (χ0n) is 19.8. The molecule has 0 radical (unpaired) electrons. The molecule has 0 saturated carbocycles. The quantitative estimate of drug-likeness (QED) is 0.219. The van der Waals surface area contributed by atoms with E-state index in [1.54, 1.807) is 18.2 Å². The van der Waals surface area contributed by atoms with Crippen LogP contribution in [-0.4, -0.2) is 59.3 Å². The van der Waals surface area contributed by atoms with Crippen LogP contribution in [0.3, 0.4) is 0 Å². The summed E-state index contributed by atoms with van der Waals surface area (Å²) < 4.78 is 16.5. The maximum Gasteiger partial charge on any atom is 0.288 e. The molecular weight excluding hydrogens is 490 g/mol. The van der Waals surface area contributed by atoms with Crippen LogP contribution in [0.2, 0.25) is 5.15 Å². The largest absolute Gasteiger partial charge is 0.497 e. The van der Waals surface area contributed by atoms with E-state index in [1.807, 2.05) is 30.3 Å². The first kappa shape index (κ1) is 26.9. The van der Waals surface area contributed by atoms with E-state index in [-0.39, 0.29) is 36.2 Å². The van der Waals surface area contributed by atoms with Gasteiger partial charge in [0.1, 0.15) is 22.8 Å². The normalized spacial score (nSPS) is 11.6. The molecular formula is C25H26ClN3O7. The Morgan fingerprint density at radius 2 is 1.92 bits per heavy atom. The SMILES string of the molecule is COc1ccc(CN(C(=O)c2cc([N+](=O)[O-])cnc2Cl)[C@H](CO)COCc2ccccc2)c(OC)c1. The van der Waals surface area contributed by atoms with E-state index in [1.165, 1.54) is 19.1 Å². The average molecular weight is 516 g/mol. The van der Waals surface area contributed by atoms with Crippen LogP contribution < -0.4 is 9.47 Å². The third-order valence-corrected chi connectivity index (χ3v) is 5.74. The van der Waals surface area contributed by atoms with Crippen molar-refractivity contribution in [1.82, 2.24) is 9.88 Å². The third kappa shape index (κ3) is 6.69. The van der Waals surface area contributed by atoms with Gasteiger partial charge in [-0.25, -0.2) is 4.98 Å². The Labute approximate surface area is 213 Å². The Morgan fingerprint density at radius 1 is 1.17 bits per heavy atom. The van der Waals surface area contributed by atoms with E-state index in [4.69, 9.17) is 25.8 Å². The first-order chi connectivity index (χ1) is 17.4. The van der Waals surface area contributed by atoms with Gasteiger partial charge in [-0.3, -0.25) is 14.9 Å². The summed E-state index contributed by atoms with van der Waals surface area (Å²) in [5.74, 6) is 0.359. The number of aromatic nitrogens is 1. The third-order valence-electron chi connectivity index (χ3n) is 5.43. The second-order valence-electron chi connectivity index (χ2n) is 7.74. The van der Waals surface area contributed by atoms with Gasteiger partial charge in [0.2, 0.25) is 0 Å². The lowest BCUT2D eigenvalue weighted by Gasteiger charge is -2.31. The molecule has 1 aromatic heterocycles. The number of aliphatic hydroxyl groups is 1. The topological polar surface area (TPSA) is 124 Å². The molecule has 3 aromatic rings. The molecule has 1 atom stereocenters. The van der Waals surface area contributed by atoms with Crippen molar-refractivity contribution >= 4 is 23.2 Å². The second-order valence-corrected chi connectivity index (χ2v) is 8.09. The number of halogens is 1. The highest BCUT2D eigenvalue weighted by Crippen LogP contribution is 2.28. The van der Waals surface area contributed by atoms with Crippen LogP contribution in [-0.2, 0) is 17.9 Å². The summed E-state index contributed by atoms with van der Waals surface area (Å²) in [6.45, 7) is -0.177. The molecule has 10 nitrogen and oxygen atoms in total. The van der Waals surface area contributed by atoms with Crippen molar-refractivity contribution in [1.29, 1.82) is 0 Å². The van der Waals surface area contributed by atoms with E-state index in [2.05, 4.69) is 4.98 Å². The number of hydrogen-bond acceptors (Lipinski definition) is 8. The van der Waals surface area contributed by atoms with Crippen LogP contribution in [0.1, 0.15) is 21.5 Å². The van der Waals surface area contributed by atoms with Gasteiger partial charge in [0.25, 0.3) is 11.6 Å². The van der Waals surface area contributed by atoms with E-state index in [9.17, 15) is 20.0 Å². The van der Waals surface area contributed by atoms with Gasteiger partial charge in [0.15, 0.2) is 0 Å². The number of hydrogen-bond donors (Lipinski definition) is 1. The lowest BCUT2D eigenvalue weighted by Crippen LogP contribution is -2.45. The summed E-state index contributed by atoms with van der Waals surface area (Å²) in [7, 11) is 3.01. The Morgan fingerprint density at radius 3 is 2.56 bits per heavy atom. The van der Waals surface area contributed by atoms with Crippen LogP contribution in [0.25, 0.3) is 0 Å². The molecule has 1 N–H and O–H groups in total. The van der Waals surface area contributed by atoms with E-state index < -0.39 is 23.5 Å². The number of aliphatic hydroxyl groups excluding tert-OH is 1. The first-order valence-corrected chi connectivity index (χ1v) is 11.3. The number of methoxy groups -OCH3 is 2. The zero-order valence-corrected chi connectivity index (χ0v) is 20.6. The highest BCUT2D eigenvalue weighted by Gasteiger charge is 2.29. The highest BCUT2D eigenvalue weighted by molar-refractivity contribution is 6.32. The summed E-state index contributed by atoms with van der Waals surface area (Å²) in [4.78, 5) is 29.4. The van der Waals surface area contributed by atoms with E-state index in [0.29, 0.717) is 17.1 Å². The number of ether oxygens (including phenoxy) is 3. The second kappa shape index (κ2) is 12.8. The van der Waals surface area contributed by atoms with Gasteiger partial charge in [-0.05, 0) is 17.7 Å². The Hall–Kier alpha value is -3.73. The van der Waals surface area contributed by atoms with Crippen LogP contribution in [0.5, 0.6) is 11.5 Å². The number of rotatable bonds is 12. The van der Waals surface area contributed by atoms with Crippen LogP contribution >= 0.6 is 11.6 Å². The number of benzene rings is 2. The van der Waals surface area contributed by atoms with Crippen molar-refractivity contribution in [2.45, 2.75) is 19.2 Å². The van der Waals surface area contributed by atoms with Crippen molar-refractivity contribution in [3.05, 3.63) is 92.8 Å². The van der Waals surface area contributed by atoms with Crippen molar-refractivity contribution in [2.24, 2.45) is 0 Å². The summed E-state index contributed by atoms with van der Waals surface area (Å²) in [5.41, 5.74) is 0.989. The lowest BCUT2D eigenvalue weighted by atomic mass is 10.1. The Kier molecular flexibility index (Phi) is 9.57. The number of nitrogens with zero attached hydrogens (tertiary/aromatic N) is 3. The zero-order chi connectivity index (χ0) is 26.1. The van der Waals surface area contributed by atoms with E-state index >= 15 is 0 Å². The van der Waals surface area contributed by atoms with Gasteiger partial charge >= 0.3 is 0 Å². The molecule has 0 spiro atoms. The molecule has 0 aliphatic rings. The van der Waals surface area contributed by atoms with Crippen molar-refractivity contribution in [2.75, 3.05) is 27.4 Å². The average Bonchev–Trinajstić information content (AvgIpc) is 2.90. The molecule has 0 saturated heterocycles. The maximum absolute atomic E-state index is 13.6. The fraction of sp³-hybridized carbons (Fsp3) is 0.280. The predicted molar refractivity (Wildman–Crippen MR) is 132 cm³/mol. The molecule has 36 heavy (non-hydrogen) atoms. The minimum Gasteiger partial charge on any atom is -0.497 e. The van der Waals surface area contributed by atoms with Gasteiger partial charge < -0.3 is 24.2 Å². The monoisotopic (exact) mass is 515 g/mol. The molecule has 190 valence electrons. The molecule has 0 bridgehead atoms. The lowest BCUT2D eigenvalue weighted by molar-refractivity contribution is -0.385. The number of nitro groups is 1. The van der Waals surface area contributed by atoms with Gasteiger partial charge in [0.05, 0.1) is 57.1 Å². The van der Waals surface area contributed by atoms with Gasteiger partial charge in [-0.1, -0.05) is 41.9 Å².